The number of hydrogen-bond donors (Lipinski definition) is 2. The molecule has 3 nitrogen and oxygen atoms in total. The largest absolute Gasteiger partial charge is 0.369 e. The van der Waals surface area contributed by atoms with E-state index in [-0.39, 0.29) is 17.9 Å². The van der Waals surface area contributed by atoms with Crippen LogP contribution >= 0.6 is 0 Å². The maximum atomic E-state index is 11.6. The maximum Gasteiger partial charge on any atom is 0.222 e. The molecule has 0 bridgehead atoms. The summed E-state index contributed by atoms with van der Waals surface area (Å²) in [7, 11) is 0. The van der Waals surface area contributed by atoms with E-state index < -0.39 is 0 Å². The lowest BCUT2D eigenvalue weighted by atomic mass is 9.85. The molecule has 0 radical (unpaired) electrons. The van der Waals surface area contributed by atoms with Crippen molar-refractivity contribution in [1.82, 2.24) is 5.32 Å². The quantitative estimate of drug-likeness (QED) is 0.908. The molecule has 3 heteroatoms. The van der Waals surface area contributed by atoms with Gasteiger partial charge in [-0.1, -0.05) is 54.6 Å². The second kappa shape index (κ2) is 6.10. The third kappa shape index (κ3) is 2.98. The number of nitrogens with one attached hydrogen (secondary N) is 1. The van der Waals surface area contributed by atoms with Gasteiger partial charge in [0.15, 0.2) is 0 Å². The highest BCUT2D eigenvalue weighted by atomic mass is 16.1. The van der Waals surface area contributed by atoms with Crippen LogP contribution < -0.4 is 11.1 Å². The zero-order valence-electron chi connectivity index (χ0n) is 12.0. The molecule has 2 unspecified atom stereocenters. The molecule has 108 valence electrons. The summed E-state index contributed by atoms with van der Waals surface area (Å²) in [5.41, 5.74) is 9.06. The predicted molar refractivity (Wildman–Crippen MR) is 84.5 cm³/mol. The number of carbonyl (C=O) groups is 1. The van der Waals surface area contributed by atoms with Gasteiger partial charge in [-0.2, -0.15) is 0 Å². The monoisotopic (exact) mass is 280 g/mol. The first-order valence-corrected chi connectivity index (χ1v) is 7.44. The van der Waals surface area contributed by atoms with Gasteiger partial charge in [0.2, 0.25) is 5.91 Å². The van der Waals surface area contributed by atoms with Gasteiger partial charge in [-0.25, -0.2) is 0 Å². The van der Waals surface area contributed by atoms with Crippen molar-refractivity contribution < 1.29 is 4.79 Å². The van der Waals surface area contributed by atoms with Gasteiger partial charge in [-0.05, 0) is 36.1 Å². The van der Waals surface area contributed by atoms with Gasteiger partial charge in [-0.3, -0.25) is 4.79 Å². The second-order valence-corrected chi connectivity index (χ2v) is 5.57. The lowest BCUT2D eigenvalue weighted by molar-refractivity contribution is -0.123. The Morgan fingerprint density at radius 2 is 1.67 bits per heavy atom. The molecule has 0 spiro atoms. The first-order valence-electron chi connectivity index (χ1n) is 7.44. The number of primary amides is 1. The Morgan fingerprint density at radius 1 is 1.00 bits per heavy atom. The number of carbonyl (C=O) groups excluding carboxylic acids is 1. The fraction of sp³-hybridized carbons (Fsp3) is 0.278. The molecule has 1 saturated heterocycles. The molecule has 0 aliphatic carbocycles. The molecule has 3 rings (SSSR count). The smallest absolute Gasteiger partial charge is 0.222 e. The molecule has 1 heterocycles. The summed E-state index contributed by atoms with van der Waals surface area (Å²) in [6.45, 7) is 0.939. The van der Waals surface area contributed by atoms with Crippen LogP contribution in [-0.2, 0) is 4.79 Å². The Kier molecular flexibility index (Phi) is 4.02. The number of amides is 1. The van der Waals surface area contributed by atoms with Crippen LogP contribution in [-0.4, -0.2) is 12.5 Å². The van der Waals surface area contributed by atoms with E-state index in [1.807, 2.05) is 18.2 Å². The van der Waals surface area contributed by atoms with Crippen LogP contribution in [0.25, 0.3) is 11.1 Å². The first-order chi connectivity index (χ1) is 10.3. The average molecular weight is 280 g/mol. The fourth-order valence-corrected chi connectivity index (χ4v) is 3.06. The third-order valence-electron chi connectivity index (χ3n) is 4.20. The number of rotatable bonds is 3. The number of hydrogen-bond acceptors (Lipinski definition) is 2. The van der Waals surface area contributed by atoms with E-state index in [9.17, 15) is 4.79 Å². The van der Waals surface area contributed by atoms with Crippen LogP contribution in [0.4, 0.5) is 0 Å². The molecule has 1 aliphatic heterocycles. The van der Waals surface area contributed by atoms with Crippen LogP contribution in [0, 0.1) is 5.92 Å². The lowest BCUT2D eigenvalue weighted by Gasteiger charge is -2.31. The average Bonchev–Trinajstić information content (AvgIpc) is 2.56. The minimum Gasteiger partial charge on any atom is -0.369 e. The topological polar surface area (TPSA) is 55.1 Å². The van der Waals surface area contributed by atoms with E-state index >= 15 is 0 Å². The summed E-state index contributed by atoms with van der Waals surface area (Å²) in [6, 6.07) is 18.7. The standard InChI is InChI=1S/C18H20N2O/c19-18(21)16-7-4-12-20-17(16)15-10-8-14(9-11-15)13-5-2-1-3-6-13/h1-3,5-6,8-11,16-17,20H,4,7,12H2,(H2,19,21). The van der Waals surface area contributed by atoms with E-state index in [2.05, 4.69) is 41.7 Å². The summed E-state index contributed by atoms with van der Waals surface area (Å²) in [6.07, 6.45) is 1.87. The van der Waals surface area contributed by atoms with E-state index in [4.69, 9.17) is 5.73 Å². The van der Waals surface area contributed by atoms with Crippen LogP contribution in [0.3, 0.4) is 0 Å². The van der Waals surface area contributed by atoms with Crippen LogP contribution in [0.15, 0.2) is 54.6 Å². The summed E-state index contributed by atoms with van der Waals surface area (Å²) in [5.74, 6) is -0.319. The van der Waals surface area contributed by atoms with Gasteiger partial charge < -0.3 is 11.1 Å². The van der Waals surface area contributed by atoms with Gasteiger partial charge in [0, 0.05) is 6.04 Å². The maximum absolute atomic E-state index is 11.6. The Morgan fingerprint density at radius 3 is 2.33 bits per heavy atom. The number of benzene rings is 2. The third-order valence-corrected chi connectivity index (χ3v) is 4.20. The van der Waals surface area contributed by atoms with Gasteiger partial charge in [0.05, 0.1) is 5.92 Å². The fourth-order valence-electron chi connectivity index (χ4n) is 3.06. The van der Waals surface area contributed by atoms with E-state index in [1.165, 1.54) is 11.1 Å². The summed E-state index contributed by atoms with van der Waals surface area (Å²) < 4.78 is 0. The van der Waals surface area contributed by atoms with Crippen molar-refractivity contribution in [2.75, 3.05) is 6.54 Å². The molecule has 1 fully saturated rings. The van der Waals surface area contributed by atoms with Crippen molar-refractivity contribution >= 4 is 5.91 Å². The van der Waals surface area contributed by atoms with Crippen molar-refractivity contribution in [3.63, 3.8) is 0 Å². The second-order valence-electron chi connectivity index (χ2n) is 5.57. The molecule has 1 amide bonds. The van der Waals surface area contributed by atoms with Crippen LogP contribution in [0.1, 0.15) is 24.4 Å². The van der Waals surface area contributed by atoms with Gasteiger partial charge in [-0.15, -0.1) is 0 Å². The van der Waals surface area contributed by atoms with Crippen LogP contribution in [0.5, 0.6) is 0 Å². The SMILES string of the molecule is NC(=O)C1CCCNC1c1ccc(-c2ccccc2)cc1. The van der Waals surface area contributed by atoms with Crippen molar-refractivity contribution in [2.24, 2.45) is 11.7 Å². The molecule has 2 aromatic rings. The lowest BCUT2D eigenvalue weighted by Crippen LogP contribution is -2.40. The molecule has 1 aliphatic rings. The van der Waals surface area contributed by atoms with Crippen molar-refractivity contribution in [3.8, 4) is 11.1 Å². The Bertz CT molecular complexity index is 607. The van der Waals surface area contributed by atoms with Gasteiger partial charge in [0.25, 0.3) is 0 Å². The molecule has 0 saturated carbocycles. The number of nitrogens with two attached hydrogens (primary N) is 1. The Hall–Kier alpha value is -2.13. The molecule has 0 aromatic heterocycles. The Balaban J connectivity index is 1.85. The van der Waals surface area contributed by atoms with Crippen molar-refractivity contribution in [3.05, 3.63) is 60.2 Å². The van der Waals surface area contributed by atoms with Gasteiger partial charge in [0.1, 0.15) is 0 Å². The minimum absolute atomic E-state index is 0.0427. The molecule has 21 heavy (non-hydrogen) atoms. The zero-order chi connectivity index (χ0) is 14.7. The van der Waals surface area contributed by atoms with Gasteiger partial charge >= 0.3 is 0 Å². The summed E-state index contributed by atoms with van der Waals surface area (Å²) in [4.78, 5) is 11.6. The highest BCUT2D eigenvalue weighted by Gasteiger charge is 2.30. The Labute approximate surface area is 125 Å². The van der Waals surface area contributed by atoms with E-state index in [0.717, 1.165) is 24.9 Å². The molecular formula is C18H20N2O. The van der Waals surface area contributed by atoms with Crippen molar-refractivity contribution in [1.29, 1.82) is 0 Å². The molecule has 2 aromatic carbocycles. The summed E-state index contributed by atoms with van der Waals surface area (Å²) in [5, 5.41) is 3.43. The minimum atomic E-state index is -0.209. The van der Waals surface area contributed by atoms with E-state index in [0.29, 0.717) is 0 Å². The van der Waals surface area contributed by atoms with Crippen molar-refractivity contribution in [2.45, 2.75) is 18.9 Å². The molecule has 3 N–H and O–H groups in total. The molecule has 2 atom stereocenters. The van der Waals surface area contributed by atoms with E-state index in [1.54, 1.807) is 0 Å². The molecular weight excluding hydrogens is 260 g/mol. The first kappa shape index (κ1) is 13.8. The zero-order valence-corrected chi connectivity index (χ0v) is 12.0. The van der Waals surface area contributed by atoms with Crippen LogP contribution in [0.2, 0.25) is 0 Å². The summed E-state index contributed by atoms with van der Waals surface area (Å²) >= 11 is 0. The highest BCUT2D eigenvalue weighted by Crippen LogP contribution is 2.30. The number of piperidine rings is 1. The highest BCUT2D eigenvalue weighted by molar-refractivity contribution is 5.78. The normalized spacial score (nSPS) is 21.9. The predicted octanol–water partition coefficient (Wildman–Crippen LogP) is 2.88.